The Morgan fingerprint density at radius 1 is 0.579 bits per heavy atom. The summed E-state index contributed by atoms with van der Waals surface area (Å²) in [5, 5.41) is 54.4. The number of ether oxygens (including phenoxy) is 2. The van der Waals surface area contributed by atoms with Crippen LogP contribution in [0.3, 0.4) is 0 Å². The van der Waals surface area contributed by atoms with Gasteiger partial charge in [0.25, 0.3) is 0 Å². The Morgan fingerprint density at radius 3 is 1.42 bits per heavy atom. The van der Waals surface area contributed by atoms with Gasteiger partial charge in [-0.15, -0.1) is 0 Å². The standard InChI is InChI=1S/C48H93NO8/c1-3-5-7-9-11-13-15-17-19-20-21-22-24-26-28-30-32-34-36-38-44(52)49-41(40-56-48-47(55)46(54)45(53)43(39-50)57-48)42(51)37-35-33-31-29-27-25-23-18-16-14-12-10-8-6-4-2/h27,29,41-43,45-48,50-51,53-55H,3-26,28,30-40H2,1-2H3,(H,49,52)/b29-27+/t41-,42+,43-,45-,46?,47?,48-/m0/s1. The lowest BCUT2D eigenvalue weighted by molar-refractivity contribution is -0.302. The number of carbonyl (C=O) groups excluding carboxylic acids is 1. The molecule has 0 aromatic rings. The number of unbranched alkanes of at least 4 members (excludes halogenated alkanes) is 29. The maximum absolute atomic E-state index is 13.0. The third-order valence-electron chi connectivity index (χ3n) is 11.9. The number of aliphatic hydroxyl groups is 5. The average Bonchev–Trinajstić information content (AvgIpc) is 3.21. The van der Waals surface area contributed by atoms with Crippen LogP contribution in [0.25, 0.3) is 0 Å². The monoisotopic (exact) mass is 812 g/mol. The smallest absolute Gasteiger partial charge is 0.220 e. The zero-order chi connectivity index (χ0) is 41.6. The molecule has 6 N–H and O–H groups in total. The largest absolute Gasteiger partial charge is 0.394 e. The van der Waals surface area contributed by atoms with E-state index in [1.165, 1.54) is 161 Å². The average molecular weight is 812 g/mol. The third kappa shape index (κ3) is 29.7. The molecule has 0 aliphatic carbocycles. The fourth-order valence-corrected chi connectivity index (χ4v) is 7.92. The molecule has 9 nitrogen and oxygen atoms in total. The van der Waals surface area contributed by atoms with Crippen LogP contribution in [0.1, 0.15) is 232 Å². The molecule has 7 atom stereocenters. The topological polar surface area (TPSA) is 149 Å². The molecule has 2 unspecified atom stereocenters. The minimum atomic E-state index is -1.55. The number of hydrogen-bond donors (Lipinski definition) is 6. The maximum atomic E-state index is 13.0. The molecule has 1 amide bonds. The highest BCUT2D eigenvalue weighted by molar-refractivity contribution is 5.76. The molecule has 0 saturated carbocycles. The van der Waals surface area contributed by atoms with Crippen molar-refractivity contribution in [3.8, 4) is 0 Å². The summed E-state index contributed by atoms with van der Waals surface area (Å²) in [6, 6.07) is -0.729. The first-order chi connectivity index (χ1) is 27.8. The number of rotatable bonds is 41. The highest BCUT2D eigenvalue weighted by Gasteiger charge is 2.44. The van der Waals surface area contributed by atoms with Crippen LogP contribution in [-0.2, 0) is 14.3 Å². The predicted octanol–water partition coefficient (Wildman–Crippen LogP) is 10.5. The van der Waals surface area contributed by atoms with Gasteiger partial charge in [-0.3, -0.25) is 4.79 Å². The van der Waals surface area contributed by atoms with Crippen LogP contribution in [-0.4, -0.2) is 87.5 Å². The van der Waals surface area contributed by atoms with Crippen LogP contribution >= 0.6 is 0 Å². The van der Waals surface area contributed by atoms with Crippen LogP contribution in [0.4, 0.5) is 0 Å². The fraction of sp³-hybridized carbons (Fsp3) is 0.938. The molecule has 0 bridgehead atoms. The minimum absolute atomic E-state index is 0.145. The van der Waals surface area contributed by atoms with Crippen LogP contribution < -0.4 is 5.32 Å². The molecule has 1 aliphatic rings. The Kier molecular flexibility index (Phi) is 37.0. The Hall–Kier alpha value is -1.07. The van der Waals surface area contributed by atoms with Crippen LogP contribution in [0, 0.1) is 0 Å². The molecule has 0 spiro atoms. The maximum Gasteiger partial charge on any atom is 0.220 e. The van der Waals surface area contributed by atoms with Crippen LogP contribution in [0.5, 0.6) is 0 Å². The molecule has 0 aromatic heterocycles. The number of allylic oxidation sites excluding steroid dienone is 2. The van der Waals surface area contributed by atoms with E-state index in [1.807, 2.05) is 0 Å². The molecule has 1 heterocycles. The van der Waals surface area contributed by atoms with Crippen LogP contribution in [0.2, 0.25) is 0 Å². The summed E-state index contributed by atoms with van der Waals surface area (Å²) in [6.07, 6.45) is 37.9. The van der Waals surface area contributed by atoms with Gasteiger partial charge in [0.2, 0.25) is 5.91 Å². The van der Waals surface area contributed by atoms with E-state index in [9.17, 15) is 30.3 Å². The van der Waals surface area contributed by atoms with Gasteiger partial charge in [-0.1, -0.05) is 199 Å². The number of amides is 1. The molecular formula is C48H93NO8. The summed E-state index contributed by atoms with van der Waals surface area (Å²) in [5.41, 5.74) is 0. The van der Waals surface area contributed by atoms with Crippen molar-refractivity contribution in [1.29, 1.82) is 0 Å². The van der Waals surface area contributed by atoms with Crippen molar-refractivity contribution in [3.63, 3.8) is 0 Å². The zero-order valence-electron chi connectivity index (χ0n) is 37.1. The van der Waals surface area contributed by atoms with Crippen molar-refractivity contribution in [2.24, 2.45) is 0 Å². The molecule has 9 heteroatoms. The number of carbonyl (C=O) groups is 1. The van der Waals surface area contributed by atoms with Crippen molar-refractivity contribution in [1.82, 2.24) is 5.32 Å². The van der Waals surface area contributed by atoms with Crippen LogP contribution in [0.15, 0.2) is 12.2 Å². The molecule has 1 fully saturated rings. The number of aliphatic hydroxyl groups excluding tert-OH is 5. The number of hydrogen-bond acceptors (Lipinski definition) is 8. The Morgan fingerprint density at radius 2 is 0.982 bits per heavy atom. The first kappa shape index (κ1) is 53.9. The van der Waals surface area contributed by atoms with Crippen molar-refractivity contribution in [2.45, 2.75) is 275 Å². The van der Waals surface area contributed by atoms with E-state index in [1.54, 1.807) is 0 Å². The van der Waals surface area contributed by atoms with Gasteiger partial charge in [0.15, 0.2) is 6.29 Å². The summed E-state index contributed by atoms with van der Waals surface area (Å²) in [5.74, 6) is -0.150. The van der Waals surface area contributed by atoms with Gasteiger partial charge in [0.1, 0.15) is 24.4 Å². The van der Waals surface area contributed by atoms with E-state index in [0.717, 1.165) is 44.9 Å². The second-order valence-corrected chi connectivity index (χ2v) is 17.3. The lowest BCUT2D eigenvalue weighted by Gasteiger charge is -2.40. The Bertz CT molecular complexity index is 904. The fourth-order valence-electron chi connectivity index (χ4n) is 7.92. The van der Waals surface area contributed by atoms with Gasteiger partial charge in [-0.05, 0) is 38.5 Å². The molecule has 338 valence electrons. The molecule has 0 aromatic carbocycles. The summed E-state index contributed by atoms with van der Waals surface area (Å²) < 4.78 is 11.3. The lowest BCUT2D eigenvalue weighted by Crippen LogP contribution is -2.60. The van der Waals surface area contributed by atoms with E-state index in [4.69, 9.17) is 9.47 Å². The van der Waals surface area contributed by atoms with Gasteiger partial charge < -0.3 is 40.3 Å². The van der Waals surface area contributed by atoms with Crippen molar-refractivity contribution in [3.05, 3.63) is 12.2 Å². The molecule has 1 saturated heterocycles. The van der Waals surface area contributed by atoms with Crippen molar-refractivity contribution < 1.29 is 39.8 Å². The van der Waals surface area contributed by atoms with E-state index in [-0.39, 0.29) is 12.5 Å². The van der Waals surface area contributed by atoms with Crippen molar-refractivity contribution in [2.75, 3.05) is 13.2 Å². The number of nitrogens with one attached hydrogen (secondary N) is 1. The minimum Gasteiger partial charge on any atom is -0.394 e. The second kappa shape index (κ2) is 39.1. The molecule has 1 rings (SSSR count). The molecule has 0 radical (unpaired) electrons. The highest BCUT2D eigenvalue weighted by Crippen LogP contribution is 2.23. The van der Waals surface area contributed by atoms with E-state index >= 15 is 0 Å². The summed E-state index contributed by atoms with van der Waals surface area (Å²) in [4.78, 5) is 13.0. The van der Waals surface area contributed by atoms with Crippen molar-refractivity contribution >= 4 is 5.91 Å². The molecular weight excluding hydrogens is 719 g/mol. The summed E-state index contributed by atoms with van der Waals surface area (Å²) >= 11 is 0. The van der Waals surface area contributed by atoms with Gasteiger partial charge in [0.05, 0.1) is 25.4 Å². The quantitative estimate of drug-likeness (QED) is 0.0264. The molecule has 57 heavy (non-hydrogen) atoms. The SMILES string of the molecule is CCCCCCCCCCC/C=C/CCCC[C@@H](O)[C@H](CO[C@H]1O[C@@H](CO)[C@H](O)C(O)C1O)NC(=O)CCCCCCCCCCCCCCCCCCCCC. The normalized spacial score (nSPS) is 21.0. The lowest BCUT2D eigenvalue weighted by atomic mass is 9.99. The van der Waals surface area contributed by atoms with E-state index in [0.29, 0.717) is 12.8 Å². The van der Waals surface area contributed by atoms with E-state index in [2.05, 4.69) is 31.3 Å². The second-order valence-electron chi connectivity index (χ2n) is 17.3. The Balaban J connectivity index is 2.30. The zero-order valence-corrected chi connectivity index (χ0v) is 37.1. The first-order valence-corrected chi connectivity index (χ1v) is 24.4. The molecule has 1 aliphatic heterocycles. The van der Waals surface area contributed by atoms with Gasteiger partial charge >= 0.3 is 0 Å². The Labute approximate surface area is 350 Å². The highest BCUT2D eigenvalue weighted by atomic mass is 16.7. The summed E-state index contributed by atoms with van der Waals surface area (Å²) in [7, 11) is 0. The van der Waals surface area contributed by atoms with Gasteiger partial charge in [0, 0.05) is 6.42 Å². The van der Waals surface area contributed by atoms with E-state index < -0.39 is 49.5 Å². The van der Waals surface area contributed by atoms with Gasteiger partial charge in [-0.2, -0.15) is 0 Å². The first-order valence-electron chi connectivity index (χ1n) is 24.4. The van der Waals surface area contributed by atoms with Gasteiger partial charge in [-0.25, -0.2) is 0 Å². The predicted molar refractivity (Wildman–Crippen MR) is 235 cm³/mol. The summed E-state index contributed by atoms with van der Waals surface area (Å²) in [6.45, 7) is 3.83. The third-order valence-corrected chi connectivity index (χ3v) is 11.9.